The molecular formula is C18H26FN3O2. The molecule has 2 rings (SSSR count). The standard InChI is InChI=1S/C18H26FN3O2/c1-18(2,3)13-6-4-5-7-15(13)22-17(24)21-11-8-9-14(19)12(10-11)16(20)23/h8-10,13,15H,4-7H2,1-3H3,(H2,20,23)(H2,21,22,24)/t13-,15-/m0/s1. The van der Waals surface area contributed by atoms with Crippen molar-refractivity contribution in [3.63, 3.8) is 0 Å². The molecule has 132 valence electrons. The van der Waals surface area contributed by atoms with Gasteiger partial charge in [-0.1, -0.05) is 33.6 Å². The van der Waals surface area contributed by atoms with E-state index < -0.39 is 11.7 Å². The topological polar surface area (TPSA) is 84.2 Å². The summed E-state index contributed by atoms with van der Waals surface area (Å²) in [6.07, 6.45) is 4.32. The molecule has 1 aliphatic carbocycles. The lowest BCUT2D eigenvalue weighted by atomic mass is 9.69. The molecule has 1 saturated carbocycles. The van der Waals surface area contributed by atoms with E-state index in [9.17, 15) is 14.0 Å². The highest BCUT2D eigenvalue weighted by Crippen LogP contribution is 2.38. The Kier molecular flexibility index (Phi) is 5.47. The third-order valence-corrected chi connectivity index (χ3v) is 4.68. The lowest BCUT2D eigenvalue weighted by Crippen LogP contribution is -2.48. The minimum absolute atomic E-state index is 0.106. The number of benzene rings is 1. The van der Waals surface area contributed by atoms with Crippen LogP contribution in [-0.4, -0.2) is 18.0 Å². The molecule has 0 saturated heterocycles. The normalized spacial score (nSPS) is 21.2. The molecular weight excluding hydrogens is 309 g/mol. The third-order valence-electron chi connectivity index (χ3n) is 4.68. The Labute approximate surface area is 142 Å². The molecule has 0 aromatic heterocycles. The molecule has 0 radical (unpaired) electrons. The second kappa shape index (κ2) is 7.20. The van der Waals surface area contributed by atoms with E-state index in [1.165, 1.54) is 18.6 Å². The number of hydrogen-bond acceptors (Lipinski definition) is 2. The zero-order chi connectivity index (χ0) is 17.9. The van der Waals surface area contributed by atoms with E-state index in [1.54, 1.807) is 0 Å². The SMILES string of the molecule is CC(C)(C)[C@H]1CCCC[C@@H]1NC(=O)Nc1ccc(F)c(C(N)=O)c1. The van der Waals surface area contributed by atoms with Gasteiger partial charge < -0.3 is 16.4 Å². The Hall–Kier alpha value is -2.11. The van der Waals surface area contributed by atoms with E-state index in [-0.39, 0.29) is 23.1 Å². The van der Waals surface area contributed by atoms with Crippen molar-refractivity contribution < 1.29 is 14.0 Å². The van der Waals surface area contributed by atoms with Gasteiger partial charge in [0.1, 0.15) is 5.82 Å². The highest BCUT2D eigenvalue weighted by Gasteiger charge is 2.34. The molecule has 5 nitrogen and oxygen atoms in total. The first-order chi connectivity index (χ1) is 11.2. The van der Waals surface area contributed by atoms with E-state index >= 15 is 0 Å². The summed E-state index contributed by atoms with van der Waals surface area (Å²) in [5.74, 6) is -1.16. The first kappa shape index (κ1) is 18.2. The molecule has 0 bridgehead atoms. The zero-order valence-electron chi connectivity index (χ0n) is 14.5. The van der Waals surface area contributed by atoms with Crippen molar-refractivity contribution >= 4 is 17.6 Å². The summed E-state index contributed by atoms with van der Waals surface area (Å²) in [5, 5.41) is 5.69. The predicted octanol–water partition coefficient (Wildman–Crippen LogP) is 3.65. The van der Waals surface area contributed by atoms with Gasteiger partial charge in [0.05, 0.1) is 5.56 Å². The van der Waals surface area contributed by atoms with Gasteiger partial charge in [0.25, 0.3) is 5.91 Å². The molecule has 0 aliphatic heterocycles. The number of nitrogens with two attached hydrogens (primary N) is 1. The number of hydrogen-bond donors (Lipinski definition) is 3. The number of urea groups is 1. The van der Waals surface area contributed by atoms with Gasteiger partial charge >= 0.3 is 6.03 Å². The zero-order valence-corrected chi connectivity index (χ0v) is 14.5. The fourth-order valence-corrected chi connectivity index (χ4v) is 3.47. The number of carbonyl (C=O) groups is 2. The van der Waals surface area contributed by atoms with E-state index in [1.807, 2.05) is 0 Å². The number of amides is 3. The minimum Gasteiger partial charge on any atom is -0.366 e. The van der Waals surface area contributed by atoms with Gasteiger partial charge in [-0.2, -0.15) is 0 Å². The molecule has 4 N–H and O–H groups in total. The van der Waals surface area contributed by atoms with Crippen LogP contribution in [0.5, 0.6) is 0 Å². The Morgan fingerprint density at radius 3 is 2.50 bits per heavy atom. The molecule has 0 unspecified atom stereocenters. The summed E-state index contributed by atoms with van der Waals surface area (Å²) in [4.78, 5) is 23.5. The molecule has 1 aromatic carbocycles. The molecule has 24 heavy (non-hydrogen) atoms. The number of primary amides is 1. The van der Waals surface area contributed by atoms with Crippen LogP contribution >= 0.6 is 0 Å². The van der Waals surface area contributed by atoms with Crippen molar-refractivity contribution in [1.29, 1.82) is 0 Å². The number of rotatable bonds is 3. The van der Waals surface area contributed by atoms with E-state index in [2.05, 4.69) is 31.4 Å². The smallest absolute Gasteiger partial charge is 0.319 e. The molecule has 3 amide bonds. The van der Waals surface area contributed by atoms with Crippen molar-refractivity contribution in [1.82, 2.24) is 5.32 Å². The van der Waals surface area contributed by atoms with Crippen LogP contribution in [0.25, 0.3) is 0 Å². The Balaban J connectivity index is 2.05. The van der Waals surface area contributed by atoms with Gasteiger partial charge in [-0.3, -0.25) is 4.79 Å². The fourth-order valence-electron chi connectivity index (χ4n) is 3.47. The minimum atomic E-state index is -0.864. The largest absolute Gasteiger partial charge is 0.366 e. The Bertz CT molecular complexity index is 625. The molecule has 1 aliphatic rings. The average Bonchev–Trinajstić information content (AvgIpc) is 2.48. The maximum absolute atomic E-state index is 13.5. The molecule has 0 spiro atoms. The van der Waals surface area contributed by atoms with Crippen molar-refractivity contribution in [3.05, 3.63) is 29.6 Å². The molecule has 2 atom stereocenters. The van der Waals surface area contributed by atoms with Crippen molar-refractivity contribution in [2.45, 2.75) is 52.5 Å². The van der Waals surface area contributed by atoms with Crippen molar-refractivity contribution in [2.24, 2.45) is 17.1 Å². The van der Waals surface area contributed by atoms with Gasteiger partial charge in [0.2, 0.25) is 0 Å². The van der Waals surface area contributed by atoms with Crippen molar-refractivity contribution in [3.8, 4) is 0 Å². The van der Waals surface area contributed by atoms with Gasteiger partial charge in [-0.05, 0) is 42.4 Å². The molecule has 1 aromatic rings. The van der Waals surface area contributed by atoms with Crippen LogP contribution in [0.15, 0.2) is 18.2 Å². The van der Waals surface area contributed by atoms with Gasteiger partial charge in [-0.15, -0.1) is 0 Å². The van der Waals surface area contributed by atoms with E-state index in [4.69, 9.17) is 5.73 Å². The van der Waals surface area contributed by atoms with Crippen LogP contribution < -0.4 is 16.4 Å². The van der Waals surface area contributed by atoms with Crippen LogP contribution in [0.2, 0.25) is 0 Å². The quantitative estimate of drug-likeness (QED) is 0.787. The highest BCUT2D eigenvalue weighted by atomic mass is 19.1. The lowest BCUT2D eigenvalue weighted by molar-refractivity contribution is 0.0996. The first-order valence-electron chi connectivity index (χ1n) is 8.35. The summed E-state index contributed by atoms with van der Waals surface area (Å²) in [7, 11) is 0. The summed E-state index contributed by atoms with van der Waals surface area (Å²) < 4.78 is 13.5. The number of anilines is 1. The van der Waals surface area contributed by atoms with Crippen LogP contribution in [0, 0.1) is 17.2 Å². The summed E-state index contributed by atoms with van der Waals surface area (Å²) in [5.41, 5.74) is 5.34. The summed E-state index contributed by atoms with van der Waals surface area (Å²) >= 11 is 0. The fraction of sp³-hybridized carbons (Fsp3) is 0.556. The second-order valence-corrected chi connectivity index (χ2v) is 7.52. The van der Waals surface area contributed by atoms with Gasteiger partial charge in [0, 0.05) is 11.7 Å². The Morgan fingerprint density at radius 2 is 1.88 bits per heavy atom. The van der Waals surface area contributed by atoms with Gasteiger partial charge in [-0.25, -0.2) is 9.18 Å². The number of halogens is 1. The van der Waals surface area contributed by atoms with Crippen LogP contribution in [0.4, 0.5) is 14.9 Å². The number of nitrogens with one attached hydrogen (secondary N) is 2. The maximum Gasteiger partial charge on any atom is 0.319 e. The maximum atomic E-state index is 13.5. The molecule has 1 fully saturated rings. The number of carbonyl (C=O) groups excluding carboxylic acids is 2. The molecule has 0 heterocycles. The lowest BCUT2D eigenvalue weighted by Gasteiger charge is -2.40. The third kappa shape index (κ3) is 4.46. The predicted molar refractivity (Wildman–Crippen MR) is 92.3 cm³/mol. The van der Waals surface area contributed by atoms with Crippen LogP contribution in [0.1, 0.15) is 56.8 Å². The Morgan fingerprint density at radius 1 is 1.21 bits per heavy atom. The summed E-state index contributed by atoms with van der Waals surface area (Å²) in [6, 6.07) is 3.53. The second-order valence-electron chi connectivity index (χ2n) is 7.52. The molecule has 6 heteroatoms. The van der Waals surface area contributed by atoms with E-state index in [0.29, 0.717) is 11.6 Å². The van der Waals surface area contributed by atoms with Crippen LogP contribution in [0.3, 0.4) is 0 Å². The highest BCUT2D eigenvalue weighted by molar-refractivity contribution is 5.96. The van der Waals surface area contributed by atoms with Gasteiger partial charge in [0.15, 0.2) is 0 Å². The average molecular weight is 335 g/mol. The van der Waals surface area contributed by atoms with Crippen LogP contribution in [-0.2, 0) is 0 Å². The monoisotopic (exact) mass is 335 g/mol. The first-order valence-corrected chi connectivity index (χ1v) is 8.35. The van der Waals surface area contributed by atoms with E-state index in [0.717, 1.165) is 25.3 Å². The van der Waals surface area contributed by atoms with Crippen molar-refractivity contribution in [2.75, 3.05) is 5.32 Å². The summed E-state index contributed by atoms with van der Waals surface area (Å²) in [6.45, 7) is 6.57.